The van der Waals surface area contributed by atoms with Crippen molar-refractivity contribution in [2.45, 2.75) is 26.3 Å². The number of hydrogen-bond acceptors (Lipinski definition) is 4. The molecular formula is C20H21NO4. The molecule has 2 aromatic carbocycles. The van der Waals surface area contributed by atoms with E-state index < -0.39 is 5.97 Å². The summed E-state index contributed by atoms with van der Waals surface area (Å²) in [5, 5.41) is 0. The van der Waals surface area contributed by atoms with Crippen LogP contribution in [0.15, 0.2) is 48.5 Å². The van der Waals surface area contributed by atoms with Crippen molar-refractivity contribution in [3.05, 3.63) is 59.7 Å². The van der Waals surface area contributed by atoms with Crippen LogP contribution in [0.3, 0.4) is 0 Å². The number of para-hydroxylation sites is 1. The van der Waals surface area contributed by atoms with Crippen molar-refractivity contribution in [3.8, 4) is 5.75 Å². The van der Waals surface area contributed by atoms with Crippen molar-refractivity contribution in [2.24, 2.45) is 0 Å². The number of amides is 1. The number of anilines is 1. The Morgan fingerprint density at radius 1 is 1.12 bits per heavy atom. The Bertz CT molecular complexity index is 787. The minimum atomic E-state index is -0.560. The molecule has 0 aliphatic carbocycles. The van der Waals surface area contributed by atoms with E-state index in [9.17, 15) is 9.59 Å². The highest BCUT2D eigenvalue weighted by molar-refractivity contribution is 5.97. The Morgan fingerprint density at radius 2 is 1.92 bits per heavy atom. The summed E-state index contributed by atoms with van der Waals surface area (Å²) in [4.78, 5) is 26.0. The van der Waals surface area contributed by atoms with E-state index in [1.54, 1.807) is 11.0 Å². The van der Waals surface area contributed by atoms with Gasteiger partial charge in [0.05, 0.1) is 0 Å². The molecule has 1 aliphatic heterocycles. The van der Waals surface area contributed by atoms with Gasteiger partial charge in [0, 0.05) is 11.7 Å². The quantitative estimate of drug-likeness (QED) is 0.786. The molecule has 5 heteroatoms. The van der Waals surface area contributed by atoms with E-state index in [-0.39, 0.29) is 25.2 Å². The molecule has 0 saturated carbocycles. The molecule has 0 N–H and O–H groups in total. The molecule has 2 aromatic rings. The summed E-state index contributed by atoms with van der Waals surface area (Å²) in [7, 11) is 0. The molecule has 1 heterocycles. The first-order chi connectivity index (χ1) is 12.0. The number of hydrogen-bond donors (Lipinski definition) is 0. The average Bonchev–Trinajstić information content (AvgIpc) is 2.93. The molecule has 0 saturated heterocycles. The van der Waals surface area contributed by atoms with Gasteiger partial charge in [-0.1, -0.05) is 30.3 Å². The molecule has 1 amide bonds. The molecule has 0 aromatic heterocycles. The molecular weight excluding hydrogens is 318 g/mol. The summed E-state index contributed by atoms with van der Waals surface area (Å²) in [5.41, 5.74) is 3.08. The number of carbonyl (C=O) groups excluding carboxylic acids is 2. The van der Waals surface area contributed by atoms with E-state index in [0.29, 0.717) is 5.75 Å². The summed E-state index contributed by atoms with van der Waals surface area (Å²) < 4.78 is 10.5. The van der Waals surface area contributed by atoms with Gasteiger partial charge >= 0.3 is 5.97 Å². The van der Waals surface area contributed by atoms with Crippen LogP contribution in [0.1, 0.15) is 18.1 Å². The third kappa shape index (κ3) is 3.99. The second-order valence-corrected chi connectivity index (χ2v) is 6.21. The summed E-state index contributed by atoms with van der Waals surface area (Å²) in [6.45, 7) is 3.43. The number of esters is 1. The first kappa shape index (κ1) is 17.0. The number of aryl methyl sites for hydroxylation is 1. The van der Waals surface area contributed by atoms with Crippen LogP contribution in [-0.2, 0) is 20.7 Å². The molecule has 1 atom stereocenters. The Balaban J connectivity index is 1.51. The molecule has 1 unspecified atom stereocenters. The zero-order chi connectivity index (χ0) is 17.8. The summed E-state index contributed by atoms with van der Waals surface area (Å²) in [6.07, 6.45) is 0.812. The van der Waals surface area contributed by atoms with Crippen LogP contribution in [0.4, 0.5) is 5.69 Å². The maximum atomic E-state index is 12.4. The fourth-order valence-corrected chi connectivity index (χ4v) is 3.05. The summed E-state index contributed by atoms with van der Waals surface area (Å²) >= 11 is 0. The first-order valence-electron chi connectivity index (χ1n) is 8.29. The normalized spacial score (nSPS) is 15.6. The molecule has 0 spiro atoms. The second-order valence-electron chi connectivity index (χ2n) is 6.21. The minimum absolute atomic E-state index is 0.0622. The lowest BCUT2D eigenvalue weighted by molar-refractivity contribution is -0.149. The Kier molecular flexibility index (Phi) is 5.03. The van der Waals surface area contributed by atoms with E-state index >= 15 is 0 Å². The van der Waals surface area contributed by atoms with Crippen molar-refractivity contribution >= 4 is 17.6 Å². The van der Waals surface area contributed by atoms with Crippen LogP contribution in [-0.4, -0.2) is 31.1 Å². The Morgan fingerprint density at radius 3 is 2.72 bits per heavy atom. The van der Waals surface area contributed by atoms with E-state index in [2.05, 4.69) is 0 Å². The smallest absolute Gasteiger partial charge is 0.344 e. The third-order valence-corrected chi connectivity index (χ3v) is 4.18. The SMILES string of the molecule is Cc1cccc(OCC(=O)OCC(=O)N2c3ccccc3CC2C)c1. The third-order valence-electron chi connectivity index (χ3n) is 4.18. The predicted molar refractivity (Wildman–Crippen MR) is 94.7 cm³/mol. The van der Waals surface area contributed by atoms with Crippen LogP contribution in [0.25, 0.3) is 0 Å². The number of nitrogens with zero attached hydrogens (tertiary/aromatic N) is 1. The average molecular weight is 339 g/mol. The highest BCUT2D eigenvalue weighted by atomic mass is 16.6. The van der Waals surface area contributed by atoms with Gasteiger partial charge in [-0.2, -0.15) is 0 Å². The number of ether oxygens (including phenoxy) is 2. The van der Waals surface area contributed by atoms with Gasteiger partial charge in [0.15, 0.2) is 13.2 Å². The summed E-state index contributed by atoms with van der Waals surface area (Å²) in [5.74, 6) is -0.179. The van der Waals surface area contributed by atoms with Gasteiger partial charge in [-0.25, -0.2) is 4.79 Å². The highest BCUT2D eigenvalue weighted by Crippen LogP contribution is 2.31. The van der Waals surface area contributed by atoms with Gasteiger partial charge in [-0.3, -0.25) is 4.79 Å². The maximum Gasteiger partial charge on any atom is 0.344 e. The van der Waals surface area contributed by atoms with Crippen molar-refractivity contribution in [3.63, 3.8) is 0 Å². The van der Waals surface area contributed by atoms with Gasteiger partial charge in [0.25, 0.3) is 5.91 Å². The van der Waals surface area contributed by atoms with Crippen LogP contribution < -0.4 is 9.64 Å². The Labute approximate surface area is 147 Å². The van der Waals surface area contributed by atoms with Crippen molar-refractivity contribution in [1.29, 1.82) is 0 Å². The van der Waals surface area contributed by atoms with Crippen LogP contribution >= 0.6 is 0 Å². The molecule has 25 heavy (non-hydrogen) atoms. The van der Waals surface area contributed by atoms with E-state index in [4.69, 9.17) is 9.47 Å². The number of fused-ring (bicyclic) bond motifs is 1. The molecule has 3 rings (SSSR count). The van der Waals surface area contributed by atoms with Crippen LogP contribution in [0.5, 0.6) is 5.75 Å². The van der Waals surface area contributed by atoms with Gasteiger partial charge in [0.2, 0.25) is 0 Å². The highest BCUT2D eigenvalue weighted by Gasteiger charge is 2.30. The van der Waals surface area contributed by atoms with Gasteiger partial charge < -0.3 is 14.4 Å². The van der Waals surface area contributed by atoms with Crippen molar-refractivity contribution in [1.82, 2.24) is 0 Å². The van der Waals surface area contributed by atoms with Gasteiger partial charge in [-0.05, 0) is 49.6 Å². The molecule has 0 bridgehead atoms. The molecule has 1 aliphatic rings. The van der Waals surface area contributed by atoms with Crippen molar-refractivity contribution in [2.75, 3.05) is 18.1 Å². The summed E-state index contributed by atoms with van der Waals surface area (Å²) in [6, 6.07) is 15.3. The number of carbonyl (C=O) groups is 2. The lowest BCUT2D eigenvalue weighted by Crippen LogP contribution is -2.39. The van der Waals surface area contributed by atoms with Crippen LogP contribution in [0.2, 0.25) is 0 Å². The lowest BCUT2D eigenvalue weighted by Gasteiger charge is -2.22. The van der Waals surface area contributed by atoms with Gasteiger partial charge in [0.1, 0.15) is 5.75 Å². The molecule has 5 nitrogen and oxygen atoms in total. The van der Waals surface area contributed by atoms with E-state index in [1.807, 2.05) is 56.3 Å². The first-order valence-corrected chi connectivity index (χ1v) is 8.29. The predicted octanol–water partition coefficient (Wildman–Crippen LogP) is 2.89. The monoisotopic (exact) mass is 339 g/mol. The fraction of sp³-hybridized carbons (Fsp3) is 0.300. The fourth-order valence-electron chi connectivity index (χ4n) is 3.05. The van der Waals surface area contributed by atoms with Crippen LogP contribution in [0, 0.1) is 6.92 Å². The standard InChI is InChI=1S/C20H21NO4/c1-14-6-5-8-17(10-14)24-13-20(23)25-12-19(22)21-15(2)11-16-7-3-4-9-18(16)21/h3-10,15H,11-13H2,1-2H3. The van der Waals surface area contributed by atoms with E-state index in [1.165, 1.54) is 0 Å². The minimum Gasteiger partial charge on any atom is -0.482 e. The lowest BCUT2D eigenvalue weighted by atomic mass is 10.1. The van der Waals surface area contributed by atoms with E-state index in [0.717, 1.165) is 23.2 Å². The zero-order valence-electron chi connectivity index (χ0n) is 14.4. The number of benzene rings is 2. The Hall–Kier alpha value is -2.82. The molecule has 0 radical (unpaired) electrons. The van der Waals surface area contributed by atoms with Gasteiger partial charge in [-0.15, -0.1) is 0 Å². The largest absolute Gasteiger partial charge is 0.482 e. The van der Waals surface area contributed by atoms with Crippen molar-refractivity contribution < 1.29 is 19.1 Å². The molecule has 0 fully saturated rings. The molecule has 130 valence electrons. The maximum absolute atomic E-state index is 12.4. The zero-order valence-corrected chi connectivity index (χ0v) is 14.4. The topological polar surface area (TPSA) is 55.8 Å². The number of rotatable bonds is 5. The second kappa shape index (κ2) is 7.38.